The number of aromatic nitrogens is 1. The number of nitrogens with zero attached hydrogens (tertiary/aromatic N) is 1. The third-order valence-electron chi connectivity index (χ3n) is 2.48. The van der Waals surface area contributed by atoms with E-state index >= 15 is 0 Å². The Kier molecular flexibility index (Phi) is 4.59. The molecule has 7 heteroatoms. The smallest absolute Gasteiger partial charge is 0.257 e. The highest BCUT2D eigenvalue weighted by molar-refractivity contribution is 9.12. The van der Waals surface area contributed by atoms with E-state index in [4.69, 9.17) is 0 Å². The minimum atomic E-state index is -0.213. The summed E-state index contributed by atoms with van der Waals surface area (Å²) in [6.45, 7) is 2.44. The summed E-state index contributed by atoms with van der Waals surface area (Å²) in [4.78, 5) is 23.5. The third-order valence-corrected chi connectivity index (χ3v) is 4.82. The van der Waals surface area contributed by atoms with E-state index in [2.05, 4.69) is 37.2 Å². The quantitative estimate of drug-likeness (QED) is 0.846. The van der Waals surface area contributed by atoms with Crippen LogP contribution >= 0.6 is 43.2 Å². The van der Waals surface area contributed by atoms with Crippen molar-refractivity contribution in [3.63, 3.8) is 0 Å². The Labute approximate surface area is 130 Å². The highest BCUT2D eigenvalue weighted by Gasteiger charge is 2.14. The van der Waals surface area contributed by atoms with Crippen molar-refractivity contribution < 1.29 is 4.79 Å². The molecule has 0 fully saturated rings. The maximum absolute atomic E-state index is 12.1. The van der Waals surface area contributed by atoms with E-state index in [0.29, 0.717) is 17.8 Å². The number of nitrogens with one attached hydrogen (secondary N) is 1. The lowest BCUT2D eigenvalue weighted by molar-refractivity contribution is 0.102. The van der Waals surface area contributed by atoms with Gasteiger partial charge in [0.05, 0.1) is 18.8 Å². The Balaban J connectivity index is 2.24. The molecule has 1 N–H and O–H groups in total. The summed E-state index contributed by atoms with van der Waals surface area (Å²) < 4.78 is 3.18. The lowest BCUT2D eigenvalue weighted by atomic mass is 10.3. The van der Waals surface area contributed by atoms with Crippen molar-refractivity contribution >= 4 is 54.8 Å². The number of thiophene rings is 1. The molecule has 100 valence electrons. The van der Waals surface area contributed by atoms with Gasteiger partial charge in [-0.15, -0.1) is 11.3 Å². The van der Waals surface area contributed by atoms with Crippen molar-refractivity contribution in [3.05, 3.63) is 47.9 Å². The van der Waals surface area contributed by atoms with Crippen molar-refractivity contribution in [1.82, 2.24) is 4.57 Å². The Morgan fingerprint density at radius 1 is 1.42 bits per heavy atom. The van der Waals surface area contributed by atoms with Crippen LogP contribution in [-0.4, -0.2) is 10.5 Å². The van der Waals surface area contributed by atoms with Crippen molar-refractivity contribution in [2.75, 3.05) is 5.32 Å². The predicted molar refractivity (Wildman–Crippen MR) is 84.0 cm³/mol. The molecule has 0 radical (unpaired) electrons. The molecule has 2 heterocycles. The molecule has 2 rings (SSSR count). The molecule has 19 heavy (non-hydrogen) atoms. The SMILES string of the molecule is CCn1cc(NC(=O)c2cc(Br)sc2Br)ccc1=O. The van der Waals surface area contributed by atoms with Gasteiger partial charge in [-0.1, -0.05) is 0 Å². The fourth-order valence-electron chi connectivity index (χ4n) is 1.55. The molecule has 0 atom stereocenters. The number of carbonyl (C=O) groups excluding carboxylic acids is 1. The van der Waals surface area contributed by atoms with Gasteiger partial charge >= 0.3 is 0 Å². The van der Waals surface area contributed by atoms with Crippen LogP contribution in [0.4, 0.5) is 5.69 Å². The molecule has 0 spiro atoms. The number of hydrogen-bond donors (Lipinski definition) is 1. The second-order valence-corrected chi connectivity index (χ2v) is 7.48. The van der Waals surface area contributed by atoms with Crippen LogP contribution in [0.15, 0.2) is 36.8 Å². The van der Waals surface area contributed by atoms with Crippen LogP contribution in [0.3, 0.4) is 0 Å². The first kappa shape index (κ1) is 14.5. The zero-order valence-corrected chi connectivity index (χ0v) is 13.9. The lowest BCUT2D eigenvalue weighted by Gasteiger charge is -2.07. The number of carbonyl (C=O) groups is 1. The minimum Gasteiger partial charge on any atom is -0.321 e. The van der Waals surface area contributed by atoms with E-state index < -0.39 is 0 Å². The summed E-state index contributed by atoms with van der Waals surface area (Å²) in [5.74, 6) is -0.213. The molecule has 1 amide bonds. The average molecular weight is 406 g/mol. The number of anilines is 1. The van der Waals surface area contributed by atoms with Crippen LogP contribution in [0.5, 0.6) is 0 Å². The molecule has 0 aliphatic heterocycles. The molecule has 0 saturated heterocycles. The van der Waals surface area contributed by atoms with E-state index in [9.17, 15) is 9.59 Å². The normalized spacial score (nSPS) is 10.5. The molecule has 0 unspecified atom stereocenters. The fraction of sp³-hybridized carbons (Fsp3) is 0.167. The molecule has 2 aromatic heterocycles. The summed E-state index contributed by atoms with van der Waals surface area (Å²) in [5, 5.41) is 2.77. The largest absolute Gasteiger partial charge is 0.321 e. The molecule has 4 nitrogen and oxygen atoms in total. The number of amides is 1. The number of aryl methyl sites for hydroxylation is 1. The van der Waals surface area contributed by atoms with E-state index in [-0.39, 0.29) is 11.5 Å². The zero-order chi connectivity index (χ0) is 14.0. The van der Waals surface area contributed by atoms with Crippen molar-refractivity contribution in [2.45, 2.75) is 13.5 Å². The standard InChI is InChI=1S/C12H10Br2N2O2S/c1-2-16-6-7(3-4-10(16)17)15-12(18)8-5-9(13)19-11(8)14/h3-6H,2H2,1H3,(H,15,18). The van der Waals surface area contributed by atoms with Crippen LogP contribution in [0.25, 0.3) is 0 Å². The van der Waals surface area contributed by atoms with Crippen molar-refractivity contribution in [2.24, 2.45) is 0 Å². The van der Waals surface area contributed by atoms with E-state index in [0.717, 1.165) is 7.57 Å². The summed E-state index contributed by atoms with van der Waals surface area (Å²) in [7, 11) is 0. The molecular formula is C12H10Br2N2O2S. The van der Waals surface area contributed by atoms with Gasteiger partial charge in [-0.3, -0.25) is 9.59 Å². The first-order chi connectivity index (χ1) is 9.01. The van der Waals surface area contributed by atoms with Gasteiger partial charge < -0.3 is 9.88 Å². The lowest BCUT2D eigenvalue weighted by Crippen LogP contribution is -2.19. The highest BCUT2D eigenvalue weighted by atomic mass is 79.9. The average Bonchev–Trinajstić information content (AvgIpc) is 2.71. The van der Waals surface area contributed by atoms with Crippen LogP contribution in [0.1, 0.15) is 17.3 Å². The molecule has 0 bridgehead atoms. The van der Waals surface area contributed by atoms with Gasteiger partial charge in [0.2, 0.25) is 0 Å². The highest BCUT2D eigenvalue weighted by Crippen LogP contribution is 2.32. The second kappa shape index (κ2) is 6.02. The predicted octanol–water partition coefficient (Wildman–Crippen LogP) is 3.71. The Bertz CT molecular complexity index is 679. The summed E-state index contributed by atoms with van der Waals surface area (Å²) in [6, 6.07) is 4.79. The van der Waals surface area contributed by atoms with Gasteiger partial charge in [0, 0.05) is 18.8 Å². The maximum Gasteiger partial charge on any atom is 0.257 e. The summed E-state index contributed by atoms with van der Waals surface area (Å²) >= 11 is 8.11. The van der Waals surface area contributed by atoms with E-state index in [1.54, 1.807) is 18.3 Å². The summed E-state index contributed by atoms with van der Waals surface area (Å²) in [6.07, 6.45) is 1.63. The first-order valence-corrected chi connectivity index (χ1v) is 7.88. The van der Waals surface area contributed by atoms with E-state index in [1.165, 1.54) is 22.0 Å². The molecular weight excluding hydrogens is 396 g/mol. The number of rotatable bonds is 3. The summed E-state index contributed by atoms with van der Waals surface area (Å²) in [5.41, 5.74) is 1.08. The van der Waals surface area contributed by atoms with Crippen LogP contribution in [-0.2, 0) is 6.54 Å². The molecule has 0 aliphatic rings. The van der Waals surface area contributed by atoms with Crippen molar-refractivity contribution in [1.29, 1.82) is 0 Å². The molecule has 0 saturated carbocycles. The van der Waals surface area contributed by atoms with Crippen LogP contribution < -0.4 is 10.9 Å². The Hall–Kier alpha value is -0.920. The van der Waals surface area contributed by atoms with Gasteiger partial charge in [-0.25, -0.2) is 0 Å². The third kappa shape index (κ3) is 3.34. The minimum absolute atomic E-state index is 0.0834. The first-order valence-electron chi connectivity index (χ1n) is 5.48. The zero-order valence-electron chi connectivity index (χ0n) is 9.94. The Morgan fingerprint density at radius 2 is 2.16 bits per heavy atom. The van der Waals surface area contributed by atoms with Crippen LogP contribution in [0, 0.1) is 0 Å². The van der Waals surface area contributed by atoms with E-state index in [1.807, 2.05) is 6.92 Å². The molecule has 0 aromatic carbocycles. The number of hydrogen-bond acceptors (Lipinski definition) is 3. The Morgan fingerprint density at radius 3 is 2.74 bits per heavy atom. The van der Waals surface area contributed by atoms with Crippen LogP contribution in [0.2, 0.25) is 0 Å². The maximum atomic E-state index is 12.1. The number of halogens is 2. The van der Waals surface area contributed by atoms with Gasteiger partial charge in [0.15, 0.2) is 0 Å². The van der Waals surface area contributed by atoms with Crippen molar-refractivity contribution in [3.8, 4) is 0 Å². The second-order valence-electron chi connectivity index (χ2n) is 3.73. The molecule has 0 aliphatic carbocycles. The fourth-order valence-corrected chi connectivity index (χ4v) is 4.34. The monoisotopic (exact) mass is 404 g/mol. The topological polar surface area (TPSA) is 51.1 Å². The number of pyridine rings is 1. The van der Waals surface area contributed by atoms with Gasteiger partial charge in [0.1, 0.15) is 0 Å². The van der Waals surface area contributed by atoms with Gasteiger partial charge in [0.25, 0.3) is 11.5 Å². The van der Waals surface area contributed by atoms with Gasteiger partial charge in [-0.05, 0) is 50.9 Å². The molecule has 2 aromatic rings. The van der Waals surface area contributed by atoms with Gasteiger partial charge in [-0.2, -0.15) is 0 Å².